The maximum atomic E-state index is 12.7. The number of aromatic nitrogens is 2. The average Bonchev–Trinajstić information content (AvgIpc) is 2.69. The third kappa shape index (κ3) is 5.36. The number of aryl methyl sites for hydroxylation is 3. The molecule has 1 aromatic heterocycles. The Morgan fingerprint density at radius 1 is 1.16 bits per heavy atom. The summed E-state index contributed by atoms with van der Waals surface area (Å²) in [7, 11) is -4.07. The molecule has 1 amide bonds. The molecule has 0 bridgehead atoms. The summed E-state index contributed by atoms with van der Waals surface area (Å²) in [4.78, 5) is 30.5. The zero-order valence-corrected chi connectivity index (χ0v) is 19.4. The molecule has 0 saturated heterocycles. The van der Waals surface area contributed by atoms with Gasteiger partial charge in [-0.3, -0.25) is 9.59 Å². The van der Waals surface area contributed by atoms with Crippen molar-refractivity contribution in [1.29, 1.82) is 0 Å². The summed E-state index contributed by atoms with van der Waals surface area (Å²) in [6, 6.07) is 9.59. The maximum Gasteiger partial charge on any atom is 0.270 e. The fraction of sp³-hybridized carbons (Fsp3) is 0.190. The van der Waals surface area contributed by atoms with Crippen molar-refractivity contribution in [2.24, 2.45) is 0 Å². The number of nitrogens with one attached hydrogen (secondary N) is 2. The standard InChI is InChI=1S/C21H20ClN3O4S2/c1-12-7-13(2)19(14(3)8-12)24-18(26)11-30-21-23-10-17(20(27)25-21)31(28,29)16-6-4-5-15(22)9-16/h4-10H,11H2,1-3H3,(H,24,26)(H,23,25,27). The van der Waals surface area contributed by atoms with Crippen LogP contribution in [0.25, 0.3) is 0 Å². The van der Waals surface area contributed by atoms with Gasteiger partial charge >= 0.3 is 0 Å². The molecule has 3 aromatic rings. The van der Waals surface area contributed by atoms with Gasteiger partial charge in [0.15, 0.2) is 10.1 Å². The van der Waals surface area contributed by atoms with Crippen LogP contribution < -0.4 is 10.9 Å². The minimum Gasteiger partial charge on any atom is -0.325 e. The third-order valence-electron chi connectivity index (χ3n) is 4.42. The van der Waals surface area contributed by atoms with Gasteiger partial charge in [-0.1, -0.05) is 47.1 Å². The number of thioether (sulfide) groups is 1. The van der Waals surface area contributed by atoms with Crippen LogP contribution >= 0.6 is 23.4 Å². The highest BCUT2D eigenvalue weighted by molar-refractivity contribution is 7.99. The second kappa shape index (κ2) is 9.25. The molecule has 0 aliphatic carbocycles. The van der Waals surface area contributed by atoms with Crippen LogP contribution in [0.4, 0.5) is 5.69 Å². The summed E-state index contributed by atoms with van der Waals surface area (Å²) in [5.74, 6) is -0.269. The van der Waals surface area contributed by atoms with E-state index in [1.54, 1.807) is 0 Å². The van der Waals surface area contributed by atoms with Gasteiger partial charge in [0.05, 0.1) is 16.8 Å². The summed E-state index contributed by atoms with van der Waals surface area (Å²) in [6.07, 6.45) is 0.990. The number of aromatic amines is 1. The van der Waals surface area contributed by atoms with Crippen molar-refractivity contribution in [3.05, 3.63) is 74.7 Å². The van der Waals surface area contributed by atoms with Gasteiger partial charge in [0.25, 0.3) is 5.56 Å². The van der Waals surface area contributed by atoms with Crippen molar-refractivity contribution in [2.45, 2.75) is 35.7 Å². The van der Waals surface area contributed by atoms with Gasteiger partial charge in [0.2, 0.25) is 15.7 Å². The minimum atomic E-state index is -4.07. The van der Waals surface area contributed by atoms with E-state index in [0.717, 1.165) is 40.3 Å². The lowest BCUT2D eigenvalue weighted by molar-refractivity contribution is -0.113. The van der Waals surface area contributed by atoms with Crippen molar-refractivity contribution in [1.82, 2.24) is 9.97 Å². The van der Waals surface area contributed by atoms with Gasteiger partial charge in [-0.15, -0.1) is 0 Å². The first-order chi connectivity index (χ1) is 14.6. The molecule has 7 nitrogen and oxygen atoms in total. The Balaban J connectivity index is 1.73. The fourth-order valence-electron chi connectivity index (χ4n) is 3.08. The van der Waals surface area contributed by atoms with Gasteiger partial charge in [-0.05, 0) is 50.1 Å². The molecule has 0 unspecified atom stereocenters. The normalized spacial score (nSPS) is 11.4. The van der Waals surface area contributed by atoms with Crippen molar-refractivity contribution in [3.63, 3.8) is 0 Å². The molecular formula is C21H20ClN3O4S2. The van der Waals surface area contributed by atoms with E-state index in [2.05, 4.69) is 15.3 Å². The van der Waals surface area contributed by atoms with Crippen LogP contribution in [0.1, 0.15) is 16.7 Å². The van der Waals surface area contributed by atoms with Crippen LogP contribution in [0.15, 0.2) is 62.3 Å². The smallest absolute Gasteiger partial charge is 0.270 e. The van der Waals surface area contributed by atoms with E-state index in [1.165, 1.54) is 24.3 Å². The first kappa shape index (κ1) is 23.1. The number of hydrogen-bond acceptors (Lipinski definition) is 6. The summed E-state index contributed by atoms with van der Waals surface area (Å²) in [6.45, 7) is 5.82. The van der Waals surface area contributed by atoms with Gasteiger partial charge < -0.3 is 10.3 Å². The molecule has 3 rings (SSSR count). The topological polar surface area (TPSA) is 109 Å². The lowest BCUT2D eigenvalue weighted by Crippen LogP contribution is -2.20. The maximum absolute atomic E-state index is 12.7. The molecule has 162 valence electrons. The molecule has 0 fully saturated rings. The largest absolute Gasteiger partial charge is 0.325 e. The van der Waals surface area contributed by atoms with Crippen LogP contribution in [0.5, 0.6) is 0 Å². The zero-order valence-electron chi connectivity index (χ0n) is 17.0. The molecule has 0 aliphatic rings. The monoisotopic (exact) mass is 477 g/mol. The Bertz CT molecular complexity index is 1300. The predicted octanol–water partition coefficient (Wildman–Crippen LogP) is 3.91. The number of rotatable bonds is 6. The number of nitrogens with zero attached hydrogens (tertiary/aromatic N) is 1. The lowest BCUT2D eigenvalue weighted by Gasteiger charge is -2.12. The molecule has 0 saturated carbocycles. The SMILES string of the molecule is Cc1cc(C)c(NC(=O)CSc2ncc(S(=O)(=O)c3cccc(Cl)c3)c(=O)[nH]2)c(C)c1. The van der Waals surface area contributed by atoms with Crippen molar-refractivity contribution in [2.75, 3.05) is 11.1 Å². The number of amides is 1. The first-order valence-electron chi connectivity index (χ1n) is 9.18. The van der Waals surface area contributed by atoms with E-state index in [9.17, 15) is 18.0 Å². The van der Waals surface area contributed by atoms with Crippen molar-refractivity contribution >= 4 is 44.8 Å². The Morgan fingerprint density at radius 3 is 2.45 bits per heavy atom. The molecule has 0 radical (unpaired) electrons. The minimum absolute atomic E-state index is 0.00388. The molecule has 0 aliphatic heterocycles. The van der Waals surface area contributed by atoms with Crippen LogP contribution in [-0.2, 0) is 14.6 Å². The fourth-order valence-corrected chi connectivity index (χ4v) is 5.25. The average molecular weight is 478 g/mol. The Hall–Kier alpha value is -2.62. The van der Waals surface area contributed by atoms with Gasteiger partial charge in [0.1, 0.15) is 0 Å². The predicted molar refractivity (Wildman–Crippen MR) is 122 cm³/mol. The van der Waals surface area contributed by atoms with E-state index in [-0.39, 0.29) is 26.7 Å². The zero-order chi connectivity index (χ0) is 22.8. The van der Waals surface area contributed by atoms with E-state index in [1.807, 2.05) is 32.9 Å². The summed E-state index contributed by atoms with van der Waals surface area (Å²) in [5, 5.41) is 3.24. The van der Waals surface area contributed by atoms with Gasteiger partial charge in [0, 0.05) is 10.7 Å². The highest BCUT2D eigenvalue weighted by Gasteiger charge is 2.22. The lowest BCUT2D eigenvalue weighted by atomic mass is 10.1. The Morgan fingerprint density at radius 2 is 1.84 bits per heavy atom. The van der Waals surface area contributed by atoms with Crippen LogP contribution in [0.2, 0.25) is 5.02 Å². The van der Waals surface area contributed by atoms with Crippen LogP contribution in [0, 0.1) is 20.8 Å². The first-order valence-corrected chi connectivity index (χ1v) is 12.0. The Labute approximate surface area is 189 Å². The molecule has 10 heteroatoms. The summed E-state index contributed by atoms with van der Waals surface area (Å²) < 4.78 is 25.4. The molecule has 0 spiro atoms. The highest BCUT2D eigenvalue weighted by atomic mass is 35.5. The number of hydrogen-bond donors (Lipinski definition) is 2. The quantitative estimate of drug-likeness (QED) is 0.411. The number of H-pyrrole nitrogens is 1. The molecule has 1 heterocycles. The number of benzene rings is 2. The second-order valence-corrected chi connectivity index (χ2v) is 10.3. The van der Waals surface area contributed by atoms with Crippen LogP contribution in [0.3, 0.4) is 0 Å². The van der Waals surface area contributed by atoms with E-state index < -0.39 is 20.3 Å². The third-order valence-corrected chi connectivity index (χ3v) is 7.29. The van der Waals surface area contributed by atoms with Crippen molar-refractivity contribution < 1.29 is 13.2 Å². The second-order valence-electron chi connectivity index (χ2n) is 6.95. The molecule has 2 aromatic carbocycles. The molecule has 2 N–H and O–H groups in total. The van der Waals surface area contributed by atoms with E-state index >= 15 is 0 Å². The molecule has 31 heavy (non-hydrogen) atoms. The number of halogens is 1. The van der Waals surface area contributed by atoms with Gasteiger partial charge in [-0.2, -0.15) is 0 Å². The number of carbonyl (C=O) groups excluding carboxylic acids is 1. The van der Waals surface area contributed by atoms with Crippen LogP contribution in [-0.4, -0.2) is 30.0 Å². The highest BCUT2D eigenvalue weighted by Crippen LogP contribution is 2.23. The molecular weight excluding hydrogens is 458 g/mol. The number of sulfone groups is 1. The van der Waals surface area contributed by atoms with Crippen molar-refractivity contribution in [3.8, 4) is 0 Å². The number of carbonyl (C=O) groups is 1. The summed E-state index contributed by atoms with van der Waals surface area (Å²) >= 11 is 6.85. The molecule has 0 atom stereocenters. The number of anilines is 1. The summed E-state index contributed by atoms with van der Waals surface area (Å²) in [5.41, 5.74) is 2.96. The van der Waals surface area contributed by atoms with E-state index in [0.29, 0.717) is 0 Å². The van der Waals surface area contributed by atoms with E-state index in [4.69, 9.17) is 11.6 Å². The van der Waals surface area contributed by atoms with Gasteiger partial charge in [-0.25, -0.2) is 13.4 Å². The Kier molecular flexibility index (Phi) is 6.88.